The van der Waals surface area contributed by atoms with Crippen LogP contribution in [-0.2, 0) is 9.53 Å². The highest BCUT2D eigenvalue weighted by molar-refractivity contribution is 6.43. The summed E-state index contributed by atoms with van der Waals surface area (Å²) in [6.45, 7) is 3.28. The average Bonchev–Trinajstić information content (AvgIpc) is 2.20. The third-order valence-corrected chi connectivity index (χ3v) is 2.70. The van der Waals surface area contributed by atoms with Gasteiger partial charge in [0, 0.05) is 6.07 Å². The molecule has 0 radical (unpaired) electrons. The van der Waals surface area contributed by atoms with Crippen LogP contribution in [0.5, 0.6) is 5.75 Å². The zero-order valence-electron chi connectivity index (χ0n) is 9.30. The molecular weight excluding hydrogens is 286 g/mol. The molecule has 6 heteroatoms. The average molecular weight is 298 g/mol. The Bertz CT molecular complexity index is 419. The Morgan fingerprint density at radius 3 is 2.35 bits per heavy atom. The van der Waals surface area contributed by atoms with Gasteiger partial charge in [0.2, 0.25) is 0 Å². The number of ether oxygens (including phenoxy) is 2. The fourth-order valence-corrected chi connectivity index (χ4v) is 1.64. The largest absolute Gasteiger partial charge is 0.480 e. The predicted octanol–water partition coefficient (Wildman–Crippen LogP) is 3.98. The number of carbonyl (C=O) groups is 1. The van der Waals surface area contributed by atoms with Gasteiger partial charge in [-0.15, -0.1) is 0 Å². The zero-order chi connectivity index (χ0) is 13.0. The second kappa shape index (κ2) is 6.34. The molecule has 0 fully saturated rings. The van der Waals surface area contributed by atoms with Gasteiger partial charge in [-0.1, -0.05) is 34.8 Å². The summed E-state index contributed by atoms with van der Waals surface area (Å²) in [6, 6.07) is 2.91. The first kappa shape index (κ1) is 14.4. The fourth-order valence-electron chi connectivity index (χ4n) is 1.05. The van der Waals surface area contributed by atoms with Crippen LogP contribution in [0, 0.1) is 0 Å². The lowest BCUT2D eigenvalue weighted by atomic mass is 10.3. The molecule has 0 N–H and O–H groups in total. The molecule has 0 aliphatic rings. The molecule has 0 amide bonds. The van der Waals surface area contributed by atoms with Crippen LogP contribution in [0.3, 0.4) is 0 Å². The molecule has 0 spiro atoms. The lowest BCUT2D eigenvalue weighted by molar-refractivity contribution is -0.149. The van der Waals surface area contributed by atoms with E-state index in [1.54, 1.807) is 13.8 Å². The highest BCUT2D eigenvalue weighted by Crippen LogP contribution is 2.33. The minimum atomic E-state index is -0.470. The summed E-state index contributed by atoms with van der Waals surface area (Å²) in [5, 5.41) is 0.925. The van der Waals surface area contributed by atoms with Gasteiger partial charge < -0.3 is 9.47 Å². The van der Waals surface area contributed by atoms with E-state index < -0.39 is 5.97 Å². The van der Waals surface area contributed by atoms with Crippen molar-refractivity contribution >= 4 is 40.8 Å². The fraction of sp³-hybridized carbons (Fsp3) is 0.364. The Kier molecular flexibility index (Phi) is 5.37. The Labute approximate surface area is 115 Å². The lowest BCUT2D eigenvalue weighted by Crippen LogP contribution is -2.18. The van der Waals surface area contributed by atoms with Crippen LogP contribution in [0.1, 0.15) is 13.8 Å². The van der Waals surface area contributed by atoms with Gasteiger partial charge in [0.25, 0.3) is 0 Å². The van der Waals surface area contributed by atoms with E-state index in [1.807, 2.05) is 0 Å². The number of hydrogen-bond donors (Lipinski definition) is 0. The van der Waals surface area contributed by atoms with Crippen LogP contribution in [-0.4, -0.2) is 18.7 Å². The normalized spacial score (nSPS) is 10.5. The van der Waals surface area contributed by atoms with Gasteiger partial charge in [-0.3, -0.25) is 0 Å². The molecular formula is C11H11Cl3O3. The molecule has 1 rings (SSSR count). The molecule has 0 saturated heterocycles. The van der Waals surface area contributed by atoms with Gasteiger partial charge in [-0.2, -0.15) is 0 Å². The van der Waals surface area contributed by atoms with E-state index in [4.69, 9.17) is 44.3 Å². The number of hydrogen-bond acceptors (Lipinski definition) is 3. The van der Waals surface area contributed by atoms with E-state index in [0.717, 1.165) is 0 Å². The van der Waals surface area contributed by atoms with Crippen molar-refractivity contribution in [1.82, 2.24) is 0 Å². The SMILES string of the molecule is CC(C)OC(=O)COc1cc(Cl)c(Cl)cc1Cl. The molecule has 0 atom stereocenters. The Balaban J connectivity index is 2.63. The van der Waals surface area contributed by atoms with Crippen LogP contribution >= 0.6 is 34.8 Å². The summed E-state index contributed by atoms with van der Waals surface area (Å²) in [7, 11) is 0. The molecule has 0 bridgehead atoms. The monoisotopic (exact) mass is 296 g/mol. The number of halogens is 3. The lowest BCUT2D eigenvalue weighted by Gasteiger charge is -2.10. The van der Waals surface area contributed by atoms with E-state index >= 15 is 0 Å². The van der Waals surface area contributed by atoms with E-state index in [-0.39, 0.29) is 17.7 Å². The summed E-state index contributed by atoms with van der Waals surface area (Å²) >= 11 is 17.4. The van der Waals surface area contributed by atoms with Gasteiger partial charge in [-0.25, -0.2) is 4.79 Å². The molecule has 0 aliphatic carbocycles. The smallest absolute Gasteiger partial charge is 0.344 e. The molecule has 0 unspecified atom stereocenters. The summed E-state index contributed by atoms with van der Waals surface area (Å²) in [5.41, 5.74) is 0. The van der Waals surface area contributed by atoms with Crippen LogP contribution in [0.25, 0.3) is 0 Å². The van der Waals surface area contributed by atoms with E-state index in [2.05, 4.69) is 0 Å². The minimum Gasteiger partial charge on any atom is -0.480 e. The summed E-state index contributed by atoms with van der Waals surface area (Å²) in [4.78, 5) is 11.2. The molecule has 94 valence electrons. The molecule has 0 heterocycles. The van der Waals surface area contributed by atoms with Gasteiger partial charge in [-0.05, 0) is 19.9 Å². The number of benzene rings is 1. The molecule has 17 heavy (non-hydrogen) atoms. The first-order valence-electron chi connectivity index (χ1n) is 4.87. The maximum absolute atomic E-state index is 11.2. The molecule has 1 aromatic rings. The second-order valence-electron chi connectivity index (χ2n) is 3.52. The van der Waals surface area contributed by atoms with Crippen molar-refractivity contribution in [2.24, 2.45) is 0 Å². The molecule has 0 aromatic heterocycles. The minimum absolute atomic E-state index is 0.185. The summed E-state index contributed by atoms with van der Waals surface area (Å²) < 4.78 is 10.1. The third-order valence-electron chi connectivity index (χ3n) is 1.69. The maximum Gasteiger partial charge on any atom is 0.344 e. The number of carbonyl (C=O) groups excluding carboxylic acids is 1. The van der Waals surface area contributed by atoms with E-state index in [0.29, 0.717) is 15.8 Å². The zero-order valence-corrected chi connectivity index (χ0v) is 11.6. The topological polar surface area (TPSA) is 35.5 Å². The van der Waals surface area contributed by atoms with Crippen molar-refractivity contribution in [3.05, 3.63) is 27.2 Å². The van der Waals surface area contributed by atoms with Crippen molar-refractivity contribution in [3.8, 4) is 5.75 Å². The third kappa shape index (κ3) is 4.62. The highest BCUT2D eigenvalue weighted by atomic mass is 35.5. The summed E-state index contributed by atoms with van der Waals surface area (Å²) in [6.07, 6.45) is -0.185. The first-order chi connectivity index (χ1) is 7.90. The van der Waals surface area contributed by atoms with Crippen LogP contribution in [0.15, 0.2) is 12.1 Å². The van der Waals surface area contributed by atoms with Crippen molar-refractivity contribution < 1.29 is 14.3 Å². The molecule has 0 saturated carbocycles. The van der Waals surface area contributed by atoms with Crippen molar-refractivity contribution in [2.75, 3.05) is 6.61 Å². The van der Waals surface area contributed by atoms with Crippen LogP contribution < -0.4 is 4.74 Å². The first-order valence-corrected chi connectivity index (χ1v) is 6.00. The molecule has 0 aliphatic heterocycles. The highest BCUT2D eigenvalue weighted by Gasteiger charge is 2.10. The van der Waals surface area contributed by atoms with Crippen molar-refractivity contribution in [3.63, 3.8) is 0 Å². The quantitative estimate of drug-likeness (QED) is 0.623. The van der Waals surface area contributed by atoms with Gasteiger partial charge >= 0.3 is 5.97 Å². The Morgan fingerprint density at radius 2 is 1.76 bits per heavy atom. The van der Waals surface area contributed by atoms with Gasteiger partial charge in [0.1, 0.15) is 5.75 Å². The number of rotatable bonds is 4. The molecule has 1 aromatic carbocycles. The standard InChI is InChI=1S/C11H11Cl3O3/c1-6(2)17-11(15)5-16-10-4-8(13)7(12)3-9(10)14/h3-4,6H,5H2,1-2H3. The van der Waals surface area contributed by atoms with Crippen LogP contribution in [0.4, 0.5) is 0 Å². The predicted molar refractivity (Wildman–Crippen MR) is 68.2 cm³/mol. The van der Waals surface area contributed by atoms with E-state index in [9.17, 15) is 4.79 Å². The van der Waals surface area contributed by atoms with Crippen molar-refractivity contribution in [1.29, 1.82) is 0 Å². The second-order valence-corrected chi connectivity index (χ2v) is 4.75. The van der Waals surface area contributed by atoms with Gasteiger partial charge in [0.05, 0.1) is 21.2 Å². The van der Waals surface area contributed by atoms with E-state index in [1.165, 1.54) is 12.1 Å². The van der Waals surface area contributed by atoms with Crippen LogP contribution in [0.2, 0.25) is 15.1 Å². The van der Waals surface area contributed by atoms with Gasteiger partial charge in [0.15, 0.2) is 6.61 Å². The van der Waals surface area contributed by atoms with Crippen molar-refractivity contribution in [2.45, 2.75) is 20.0 Å². The Hall–Kier alpha value is -0.640. The number of esters is 1. The maximum atomic E-state index is 11.2. The molecule has 3 nitrogen and oxygen atoms in total. The summed E-state index contributed by atoms with van der Waals surface area (Å²) in [5.74, 6) is -0.177. The Morgan fingerprint density at radius 1 is 1.18 bits per heavy atom.